The summed E-state index contributed by atoms with van der Waals surface area (Å²) in [5.41, 5.74) is 0.814. The minimum absolute atomic E-state index is 0.0501. The van der Waals surface area contributed by atoms with Crippen LogP contribution in [0.4, 0.5) is 4.79 Å². The molecule has 1 fully saturated rings. The fourth-order valence-electron chi connectivity index (χ4n) is 3.16. The molecule has 1 aliphatic rings. The Balaban J connectivity index is 2.04. The van der Waals surface area contributed by atoms with Gasteiger partial charge in [0.25, 0.3) is 0 Å². The summed E-state index contributed by atoms with van der Waals surface area (Å²) < 4.78 is 10.7. The van der Waals surface area contributed by atoms with Gasteiger partial charge in [-0.05, 0) is 76.2 Å². The quantitative estimate of drug-likeness (QED) is 0.868. The van der Waals surface area contributed by atoms with Crippen LogP contribution in [0.3, 0.4) is 0 Å². The number of piperidine rings is 1. The number of ether oxygens (including phenoxy) is 2. The summed E-state index contributed by atoms with van der Waals surface area (Å²) in [7, 11) is 1.68. The molecule has 0 atom stereocenters. The molecule has 0 unspecified atom stereocenters. The predicted molar refractivity (Wildman–Crippen MR) is 95.5 cm³/mol. The Bertz CT molecular complexity index is 546. The van der Waals surface area contributed by atoms with Gasteiger partial charge in [-0.1, -0.05) is 12.1 Å². The van der Waals surface area contributed by atoms with E-state index in [0.717, 1.165) is 38.1 Å². The summed E-state index contributed by atoms with van der Waals surface area (Å²) >= 11 is 0. The van der Waals surface area contributed by atoms with Gasteiger partial charge in [-0.15, -0.1) is 0 Å². The van der Waals surface area contributed by atoms with Gasteiger partial charge >= 0.3 is 6.09 Å². The summed E-state index contributed by atoms with van der Waals surface area (Å²) in [6.45, 7) is 8.20. The third kappa shape index (κ3) is 5.71. The maximum absolute atomic E-state index is 12.0. The van der Waals surface area contributed by atoms with E-state index in [1.54, 1.807) is 7.11 Å². The minimum atomic E-state index is -0.474. The maximum Gasteiger partial charge on any atom is 0.407 e. The van der Waals surface area contributed by atoms with E-state index in [1.807, 2.05) is 32.9 Å². The van der Waals surface area contributed by atoms with Crippen LogP contribution in [-0.2, 0) is 11.2 Å². The highest BCUT2D eigenvalue weighted by Crippen LogP contribution is 2.33. The molecule has 0 aromatic heterocycles. The lowest BCUT2D eigenvalue weighted by Gasteiger charge is -2.38. The lowest BCUT2D eigenvalue weighted by atomic mass is 9.74. The first-order valence-corrected chi connectivity index (χ1v) is 8.62. The van der Waals surface area contributed by atoms with Gasteiger partial charge in [0.05, 0.1) is 7.11 Å². The molecule has 5 heteroatoms. The predicted octanol–water partition coefficient (Wildman–Crippen LogP) is 3.13. The highest BCUT2D eigenvalue weighted by Gasteiger charge is 2.33. The van der Waals surface area contributed by atoms with E-state index < -0.39 is 5.60 Å². The van der Waals surface area contributed by atoms with Crippen LogP contribution < -0.4 is 15.4 Å². The second-order valence-electron chi connectivity index (χ2n) is 7.63. The summed E-state index contributed by atoms with van der Waals surface area (Å²) in [5.74, 6) is 0.872. The molecule has 2 rings (SSSR count). The van der Waals surface area contributed by atoms with E-state index in [-0.39, 0.29) is 11.5 Å². The van der Waals surface area contributed by atoms with Crippen LogP contribution in [0.25, 0.3) is 0 Å². The summed E-state index contributed by atoms with van der Waals surface area (Å²) in [5, 5.41) is 6.38. The van der Waals surface area contributed by atoms with Crippen molar-refractivity contribution in [2.24, 2.45) is 5.41 Å². The molecule has 0 radical (unpaired) electrons. The van der Waals surface area contributed by atoms with Crippen LogP contribution in [0.1, 0.15) is 39.2 Å². The first-order chi connectivity index (χ1) is 11.3. The van der Waals surface area contributed by atoms with E-state index in [9.17, 15) is 4.79 Å². The van der Waals surface area contributed by atoms with Gasteiger partial charge in [-0.2, -0.15) is 0 Å². The number of rotatable bonds is 5. The van der Waals surface area contributed by atoms with Crippen molar-refractivity contribution in [3.8, 4) is 5.75 Å². The van der Waals surface area contributed by atoms with Crippen molar-refractivity contribution in [3.05, 3.63) is 29.8 Å². The molecule has 24 heavy (non-hydrogen) atoms. The zero-order valence-electron chi connectivity index (χ0n) is 15.3. The molecule has 0 spiro atoms. The van der Waals surface area contributed by atoms with Gasteiger partial charge in [0.15, 0.2) is 0 Å². The van der Waals surface area contributed by atoms with Crippen LogP contribution in [0, 0.1) is 5.41 Å². The number of methoxy groups -OCH3 is 1. The lowest BCUT2D eigenvalue weighted by molar-refractivity contribution is 0.0485. The van der Waals surface area contributed by atoms with Crippen molar-refractivity contribution in [2.45, 2.75) is 45.6 Å². The Kier molecular flexibility index (Phi) is 6.10. The number of hydrogen-bond acceptors (Lipinski definition) is 4. The lowest BCUT2D eigenvalue weighted by Crippen LogP contribution is -2.46. The Labute approximate surface area is 145 Å². The van der Waals surface area contributed by atoms with Crippen LogP contribution in [0.5, 0.6) is 5.75 Å². The van der Waals surface area contributed by atoms with Crippen molar-refractivity contribution in [3.63, 3.8) is 0 Å². The highest BCUT2D eigenvalue weighted by atomic mass is 16.6. The summed E-state index contributed by atoms with van der Waals surface area (Å²) in [4.78, 5) is 12.0. The summed E-state index contributed by atoms with van der Waals surface area (Å²) in [6.07, 6.45) is 2.63. The molecule has 0 aliphatic carbocycles. The van der Waals surface area contributed by atoms with Gasteiger partial charge in [0.2, 0.25) is 0 Å². The van der Waals surface area contributed by atoms with E-state index in [4.69, 9.17) is 9.47 Å². The molecule has 1 aromatic carbocycles. The second kappa shape index (κ2) is 7.88. The number of nitrogens with one attached hydrogen (secondary N) is 2. The fourth-order valence-corrected chi connectivity index (χ4v) is 3.16. The average Bonchev–Trinajstić information content (AvgIpc) is 2.53. The number of carbonyl (C=O) groups is 1. The molecule has 1 amide bonds. The van der Waals surface area contributed by atoms with Crippen molar-refractivity contribution >= 4 is 6.09 Å². The molecule has 134 valence electrons. The molecular weight excluding hydrogens is 304 g/mol. The van der Waals surface area contributed by atoms with Crippen LogP contribution in [0.2, 0.25) is 0 Å². The van der Waals surface area contributed by atoms with Gasteiger partial charge < -0.3 is 20.1 Å². The molecule has 1 aromatic rings. The molecule has 5 nitrogen and oxygen atoms in total. The third-order valence-electron chi connectivity index (χ3n) is 4.38. The smallest absolute Gasteiger partial charge is 0.407 e. The Morgan fingerprint density at radius 3 is 2.62 bits per heavy atom. The van der Waals surface area contributed by atoms with E-state index >= 15 is 0 Å². The highest BCUT2D eigenvalue weighted by molar-refractivity contribution is 5.67. The molecule has 0 bridgehead atoms. The zero-order chi connectivity index (χ0) is 17.6. The van der Waals surface area contributed by atoms with Gasteiger partial charge in [-0.25, -0.2) is 4.79 Å². The minimum Gasteiger partial charge on any atom is -0.497 e. The second-order valence-corrected chi connectivity index (χ2v) is 7.63. The molecule has 1 heterocycles. The topological polar surface area (TPSA) is 59.6 Å². The molecule has 1 saturated heterocycles. The number of benzene rings is 1. The summed E-state index contributed by atoms with van der Waals surface area (Å²) in [6, 6.07) is 8.18. The molecule has 0 saturated carbocycles. The third-order valence-corrected chi connectivity index (χ3v) is 4.38. The van der Waals surface area contributed by atoms with Crippen molar-refractivity contribution in [1.29, 1.82) is 0 Å². The molecule has 2 N–H and O–H groups in total. The average molecular weight is 334 g/mol. The van der Waals surface area contributed by atoms with Gasteiger partial charge in [0, 0.05) is 6.54 Å². The van der Waals surface area contributed by atoms with Crippen molar-refractivity contribution < 1.29 is 14.3 Å². The molecular formula is C19H30N2O3. The normalized spacial score (nSPS) is 17.2. The van der Waals surface area contributed by atoms with E-state index in [0.29, 0.717) is 6.54 Å². The van der Waals surface area contributed by atoms with Gasteiger partial charge in [0.1, 0.15) is 11.4 Å². The van der Waals surface area contributed by atoms with Crippen LogP contribution >= 0.6 is 0 Å². The maximum atomic E-state index is 12.0. The van der Waals surface area contributed by atoms with Crippen LogP contribution in [-0.4, -0.2) is 38.4 Å². The number of carbonyl (C=O) groups excluding carboxylic acids is 1. The van der Waals surface area contributed by atoms with Gasteiger partial charge in [-0.3, -0.25) is 0 Å². The first kappa shape index (κ1) is 18.6. The molecule has 1 aliphatic heterocycles. The van der Waals surface area contributed by atoms with Crippen molar-refractivity contribution in [2.75, 3.05) is 26.7 Å². The largest absolute Gasteiger partial charge is 0.497 e. The van der Waals surface area contributed by atoms with Crippen molar-refractivity contribution in [1.82, 2.24) is 10.6 Å². The van der Waals surface area contributed by atoms with E-state index in [2.05, 4.69) is 22.8 Å². The number of alkyl carbamates (subject to hydrolysis) is 1. The Hall–Kier alpha value is -1.75. The van der Waals surface area contributed by atoms with Crippen LogP contribution in [0.15, 0.2) is 24.3 Å². The Morgan fingerprint density at radius 2 is 2.00 bits per heavy atom. The zero-order valence-corrected chi connectivity index (χ0v) is 15.3. The first-order valence-electron chi connectivity index (χ1n) is 8.62. The van der Waals surface area contributed by atoms with E-state index in [1.165, 1.54) is 5.56 Å². The monoisotopic (exact) mass is 334 g/mol. The fraction of sp³-hybridized carbons (Fsp3) is 0.632. The number of hydrogen-bond donors (Lipinski definition) is 2. The standard InChI is InChI=1S/C19H30N2O3/c1-18(2,3)24-17(22)21-14-19(8-10-20-11-9-19)13-15-6-5-7-16(12-15)23-4/h5-7,12,20H,8-11,13-14H2,1-4H3,(H,21,22). The number of amides is 1. The Morgan fingerprint density at radius 1 is 1.29 bits per heavy atom. The SMILES string of the molecule is COc1cccc(CC2(CNC(=O)OC(C)(C)C)CCNCC2)c1.